The van der Waals surface area contributed by atoms with Crippen molar-refractivity contribution in [1.82, 2.24) is 4.72 Å². The van der Waals surface area contributed by atoms with Crippen LogP contribution in [0.15, 0.2) is 16.3 Å². The highest BCUT2D eigenvalue weighted by Crippen LogP contribution is 2.26. The third-order valence-electron chi connectivity index (χ3n) is 2.57. The van der Waals surface area contributed by atoms with Gasteiger partial charge in [0.25, 0.3) is 0 Å². The van der Waals surface area contributed by atoms with Gasteiger partial charge in [0.05, 0.1) is 4.34 Å². The van der Waals surface area contributed by atoms with Crippen molar-refractivity contribution in [2.75, 3.05) is 13.2 Å². The third kappa shape index (κ3) is 4.85. The lowest BCUT2D eigenvalue weighted by molar-refractivity contribution is 0.242. The van der Waals surface area contributed by atoms with Crippen LogP contribution in [0.3, 0.4) is 0 Å². The van der Waals surface area contributed by atoms with E-state index in [-0.39, 0.29) is 16.2 Å². The first-order chi connectivity index (χ1) is 8.27. The number of rotatable bonds is 7. The van der Waals surface area contributed by atoms with Crippen molar-refractivity contribution >= 4 is 33.0 Å². The first kappa shape index (κ1) is 15.9. The summed E-state index contributed by atoms with van der Waals surface area (Å²) in [5.74, 6) is 0. The maximum absolute atomic E-state index is 12.0. The summed E-state index contributed by atoms with van der Waals surface area (Å²) in [5.41, 5.74) is -0.184. The topological polar surface area (TPSA) is 66.4 Å². The van der Waals surface area contributed by atoms with E-state index in [1.54, 1.807) is 6.07 Å². The normalized spacial score (nSPS) is 12.9. The first-order valence-electron chi connectivity index (χ1n) is 5.63. The molecular formula is C11H18ClNO3S2. The molecule has 1 aromatic rings. The molecule has 0 bridgehead atoms. The molecule has 0 saturated carbocycles. The van der Waals surface area contributed by atoms with Crippen molar-refractivity contribution in [2.45, 2.75) is 30.9 Å². The van der Waals surface area contributed by atoms with Gasteiger partial charge in [-0.05, 0) is 30.4 Å². The van der Waals surface area contributed by atoms with Crippen molar-refractivity contribution in [3.8, 4) is 0 Å². The highest BCUT2D eigenvalue weighted by atomic mass is 35.5. The molecule has 7 heteroatoms. The van der Waals surface area contributed by atoms with Crippen LogP contribution in [0, 0.1) is 5.41 Å². The lowest BCUT2D eigenvalue weighted by Gasteiger charge is -2.24. The number of sulfonamides is 1. The van der Waals surface area contributed by atoms with Crippen LogP contribution in [0.1, 0.15) is 26.7 Å². The molecule has 1 aromatic heterocycles. The summed E-state index contributed by atoms with van der Waals surface area (Å²) in [7, 11) is -3.48. The molecular weight excluding hydrogens is 294 g/mol. The lowest BCUT2D eigenvalue weighted by Crippen LogP contribution is -2.33. The molecule has 18 heavy (non-hydrogen) atoms. The van der Waals surface area contributed by atoms with Gasteiger partial charge in [-0.1, -0.05) is 25.4 Å². The second kappa shape index (κ2) is 6.34. The van der Waals surface area contributed by atoms with E-state index in [2.05, 4.69) is 4.72 Å². The molecule has 0 aromatic carbocycles. The SMILES string of the molecule is CC(C)(CCCO)CNS(=O)(=O)c1ccc(Cl)s1. The van der Waals surface area contributed by atoms with Crippen LogP contribution in [-0.2, 0) is 10.0 Å². The van der Waals surface area contributed by atoms with Gasteiger partial charge in [0.1, 0.15) is 4.21 Å². The van der Waals surface area contributed by atoms with Gasteiger partial charge >= 0.3 is 0 Å². The quantitative estimate of drug-likeness (QED) is 0.813. The summed E-state index contributed by atoms with van der Waals surface area (Å²) in [4.78, 5) is 0. The fraction of sp³-hybridized carbons (Fsp3) is 0.636. The number of hydrogen-bond acceptors (Lipinski definition) is 4. The molecule has 0 aliphatic heterocycles. The Morgan fingerprint density at radius 1 is 1.44 bits per heavy atom. The van der Waals surface area contributed by atoms with Crippen molar-refractivity contribution in [3.05, 3.63) is 16.5 Å². The zero-order chi connectivity index (χ0) is 13.8. The van der Waals surface area contributed by atoms with E-state index >= 15 is 0 Å². The average Bonchev–Trinajstić information content (AvgIpc) is 2.72. The number of thiophene rings is 1. The molecule has 0 spiro atoms. The predicted molar refractivity (Wildman–Crippen MR) is 74.6 cm³/mol. The zero-order valence-electron chi connectivity index (χ0n) is 10.4. The second-order valence-corrected chi connectivity index (χ2v) is 8.58. The summed E-state index contributed by atoms with van der Waals surface area (Å²) >= 11 is 6.76. The predicted octanol–water partition coefficient (Wildman–Crippen LogP) is 2.48. The van der Waals surface area contributed by atoms with Crippen molar-refractivity contribution < 1.29 is 13.5 Å². The van der Waals surface area contributed by atoms with Crippen molar-refractivity contribution in [1.29, 1.82) is 0 Å². The van der Waals surface area contributed by atoms with E-state index in [0.717, 1.165) is 17.8 Å². The van der Waals surface area contributed by atoms with E-state index in [0.29, 0.717) is 17.3 Å². The van der Waals surface area contributed by atoms with Crippen LogP contribution in [-0.4, -0.2) is 26.7 Å². The number of halogens is 1. The summed E-state index contributed by atoms with van der Waals surface area (Å²) in [5, 5.41) is 8.79. The summed E-state index contributed by atoms with van der Waals surface area (Å²) in [6.45, 7) is 4.39. The number of aliphatic hydroxyl groups excluding tert-OH is 1. The summed E-state index contributed by atoms with van der Waals surface area (Å²) < 4.78 is 27.2. The second-order valence-electron chi connectivity index (χ2n) is 4.87. The van der Waals surface area contributed by atoms with E-state index < -0.39 is 10.0 Å². The summed E-state index contributed by atoms with van der Waals surface area (Å²) in [6.07, 6.45) is 1.43. The molecule has 0 fully saturated rings. The minimum absolute atomic E-state index is 0.122. The monoisotopic (exact) mass is 311 g/mol. The molecule has 0 unspecified atom stereocenters. The summed E-state index contributed by atoms with van der Waals surface area (Å²) in [6, 6.07) is 3.06. The van der Waals surface area contributed by atoms with Crippen LogP contribution in [0.5, 0.6) is 0 Å². The van der Waals surface area contributed by atoms with Crippen molar-refractivity contribution in [2.24, 2.45) is 5.41 Å². The first-order valence-corrected chi connectivity index (χ1v) is 8.30. The van der Waals surface area contributed by atoms with Crippen LogP contribution >= 0.6 is 22.9 Å². The van der Waals surface area contributed by atoms with Gasteiger partial charge in [0.2, 0.25) is 10.0 Å². The van der Waals surface area contributed by atoms with E-state index in [4.69, 9.17) is 16.7 Å². The van der Waals surface area contributed by atoms with Gasteiger partial charge in [-0.15, -0.1) is 11.3 Å². The minimum atomic E-state index is -3.48. The Bertz CT molecular complexity index is 482. The van der Waals surface area contributed by atoms with Gasteiger partial charge in [-0.2, -0.15) is 0 Å². The fourth-order valence-corrected chi connectivity index (χ4v) is 4.22. The van der Waals surface area contributed by atoms with Gasteiger partial charge in [0.15, 0.2) is 0 Å². The largest absolute Gasteiger partial charge is 0.396 e. The Balaban J connectivity index is 2.62. The fourth-order valence-electron chi connectivity index (χ4n) is 1.45. The third-order valence-corrected chi connectivity index (χ3v) is 5.69. The Kier molecular flexibility index (Phi) is 5.61. The molecule has 1 rings (SSSR count). The van der Waals surface area contributed by atoms with E-state index in [9.17, 15) is 8.42 Å². The maximum Gasteiger partial charge on any atom is 0.250 e. The van der Waals surface area contributed by atoms with E-state index in [1.807, 2.05) is 13.8 Å². The Morgan fingerprint density at radius 2 is 2.11 bits per heavy atom. The number of nitrogens with one attached hydrogen (secondary N) is 1. The molecule has 0 aliphatic carbocycles. The Morgan fingerprint density at radius 3 is 2.61 bits per heavy atom. The minimum Gasteiger partial charge on any atom is -0.396 e. The molecule has 0 radical (unpaired) electrons. The van der Waals surface area contributed by atoms with E-state index in [1.165, 1.54) is 6.07 Å². The van der Waals surface area contributed by atoms with Crippen LogP contribution in [0.2, 0.25) is 4.34 Å². The Labute approximate surface area is 117 Å². The molecule has 0 aliphatic rings. The highest BCUT2D eigenvalue weighted by molar-refractivity contribution is 7.91. The lowest BCUT2D eigenvalue weighted by atomic mass is 9.88. The standard InChI is InChI=1S/C11H18ClNO3S2/c1-11(2,6-3-7-14)8-13-18(15,16)10-5-4-9(12)17-10/h4-5,13-14H,3,6-8H2,1-2H3. The molecule has 0 atom stereocenters. The molecule has 1 heterocycles. The van der Waals surface area contributed by atoms with Gasteiger partial charge < -0.3 is 5.11 Å². The maximum atomic E-state index is 12.0. The molecule has 0 saturated heterocycles. The van der Waals surface area contributed by atoms with Gasteiger partial charge in [0, 0.05) is 13.2 Å². The average molecular weight is 312 g/mol. The number of aliphatic hydroxyl groups is 1. The zero-order valence-corrected chi connectivity index (χ0v) is 12.8. The highest BCUT2D eigenvalue weighted by Gasteiger charge is 2.23. The van der Waals surface area contributed by atoms with Gasteiger partial charge in [-0.3, -0.25) is 0 Å². The molecule has 0 amide bonds. The Hall–Kier alpha value is -0.140. The molecule has 4 nitrogen and oxygen atoms in total. The number of hydrogen-bond donors (Lipinski definition) is 2. The van der Waals surface area contributed by atoms with Crippen LogP contribution in [0.4, 0.5) is 0 Å². The smallest absolute Gasteiger partial charge is 0.250 e. The molecule has 104 valence electrons. The van der Waals surface area contributed by atoms with Crippen molar-refractivity contribution in [3.63, 3.8) is 0 Å². The van der Waals surface area contributed by atoms with Crippen LogP contribution in [0.25, 0.3) is 0 Å². The van der Waals surface area contributed by atoms with Gasteiger partial charge in [-0.25, -0.2) is 13.1 Å². The molecule has 2 N–H and O–H groups in total. The van der Waals surface area contributed by atoms with Crippen LogP contribution < -0.4 is 4.72 Å².